The molecule has 0 aliphatic heterocycles. The Balaban J connectivity index is 1.35. The number of amides is 1. The molecule has 0 radical (unpaired) electrons. The van der Waals surface area contributed by atoms with Crippen molar-refractivity contribution in [3.05, 3.63) is 95.8 Å². The number of nitrogens with zero attached hydrogens (tertiary/aromatic N) is 1. The van der Waals surface area contributed by atoms with Gasteiger partial charge in [0.05, 0.1) is 9.79 Å². The van der Waals surface area contributed by atoms with Gasteiger partial charge in [-0.1, -0.05) is 48.0 Å². The van der Waals surface area contributed by atoms with E-state index in [9.17, 15) is 13.2 Å². The number of hydrogen-bond donors (Lipinski definition) is 2. The maximum absolute atomic E-state index is 13.3. The highest BCUT2D eigenvalue weighted by Gasteiger charge is 2.23. The molecule has 172 valence electrons. The van der Waals surface area contributed by atoms with Crippen molar-refractivity contribution in [2.75, 3.05) is 6.54 Å². The van der Waals surface area contributed by atoms with E-state index in [1.54, 1.807) is 28.8 Å². The number of para-hydroxylation sites is 2. The molecular weight excluding hydrogens is 470 g/mol. The molecule has 5 rings (SSSR count). The van der Waals surface area contributed by atoms with Crippen LogP contribution in [0.1, 0.15) is 5.56 Å². The molecule has 0 aliphatic rings. The molecule has 1 amide bonds. The van der Waals surface area contributed by atoms with E-state index in [0.717, 1.165) is 16.5 Å². The van der Waals surface area contributed by atoms with Gasteiger partial charge in [-0.05, 0) is 48.4 Å². The first-order valence-electron chi connectivity index (χ1n) is 10.8. The predicted molar refractivity (Wildman–Crippen MR) is 134 cm³/mol. The van der Waals surface area contributed by atoms with Gasteiger partial charge in [0.25, 0.3) is 0 Å². The van der Waals surface area contributed by atoms with Gasteiger partial charge in [-0.15, -0.1) is 0 Å². The first kappa shape index (κ1) is 22.3. The van der Waals surface area contributed by atoms with E-state index in [-0.39, 0.29) is 22.2 Å². The van der Waals surface area contributed by atoms with Crippen molar-refractivity contribution < 1.29 is 13.2 Å². The molecule has 8 heteroatoms. The summed E-state index contributed by atoms with van der Waals surface area (Å²) < 4.78 is 28.3. The first-order chi connectivity index (χ1) is 16.4. The number of sulfone groups is 1. The number of nitrogens with one attached hydrogen (secondary N) is 2. The van der Waals surface area contributed by atoms with Crippen molar-refractivity contribution in [3.63, 3.8) is 0 Å². The zero-order valence-electron chi connectivity index (χ0n) is 18.2. The summed E-state index contributed by atoms with van der Waals surface area (Å²) in [6.45, 7) is 0.500. The number of rotatable bonds is 7. The number of hydrogen-bond acceptors (Lipinski definition) is 3. The summed E-state index contributed by atoms with van der Waals surface area (Å²) in [5, 5.41) is 5.13. The Bertz CT molecular complexity index is 1600. The Labute approximate surface area is 202 Å². The third-order valence-corrected chi connectivity index (χ3v) is 7.92. The minimum absolute atomic E-state index is 0.0184. The maximum atomic E-state index is 13.3. The topological polar surface area (TPSA) is 84.0 Å². The second kappa shape index (κ2) is 9.00. The lowest BCUT2D eigenvalue weighted by molar-refractivity contribution is -0.121. The first-order valence-corrected chi connectivity index (χ1v) is 12.7. The molecule has 0 saturated heterocycles. The van der Waals surface area contributed by atoms with E-state index in [2.05, 4.69) is 16.4 Å². The molecule has 0 fully saturated rings. The van der Waals surface area contributed by atoms with Crippen LogP contribution in [-0.4, -0.2) is 30.4 Å². The lowest BCUT2D eigenvalue weighted by Crippen LogP contribution is -2.29. The number of halogens is 1. The van der Waals surface area contributed by atoms with Gasteiger partial charge in [0.15, 0.2) is 0 Å². The molecule has 0 bridgehead atoms. The van der Waals surface area contributed by atoms with Gasteiger partial charge in [-0.3, -0.25) is 4.79 Å². The van der Waals surface area contributed by atoms with E-state index in [1.807, 2.05) is 36.5 Å². The van der Waals surface area contributed by atoms with E-state index in [1.165, 1.54) is 18.3 Å². The third-order valence-electron chi connectivity index (χ3n) is 5.87. The molecule has 0 unspecified atom stereocenters. The molecule has 6 nitrogen and oxygen atoms in total. The van der Waals surface area contributed by atoms with Crippen LogP contribution in [0.25, 0.3) is 21.8 Å². The number of fused-ring (bicyclic) bond motifs is 2. The largest absolute Gasteiger partial charge is 0.361 e. The zero-order chi connectivity index (χ0) is 23.7. The Morgan fingerprint density at radius 3 is 2.44 bits per heavy atom. The Kier molecular flexibility index (Phi) is 5.89. The van der Waals surface area contributed by atoms with Crippen molar-refractivity contribution in [1.82, 2.24) is 14.9 Å². The van der Waals surface area contributed by atoms with E-state index in [4.69, 9.17) is 11.6 Å². The fourth-order valence-corrected chi connectivity index (χ4v) is 5.79. The monoisotopic (exact) mass is 491 g/mol. The van der Waals surface area contributed by atoms with Crippen LogP contribution >= 0.6 is 11.6 Å². The van der Waals surface area contributed by atoms with Gasteiger partial charge in [0.1, 0.15) is 6.54 Å². The average Bonchev–Trinajstić information content (AvgIpc) is 3.42. The number of H-pyrrole nitrogens is 1. The molecule has 0 atom stereocenters. The fraction of sp³-hybridized carbons (Fsp3) is 0.115. The number of carbonyl (C=O) groups is 1. The van der Waals surface area contributed by atoms with Crippen LogP contribution < -0.4 is 5.32 Å². The quantitative estimate of drug-likeness (QED) is 0.337. The number of benzene rings is 3. The molecule has 2 N–H and O–H groups in total. The lowest BCUT2D eigenvalue weighted by atomic mass is 10.1. The van der Waals surface area contributed by atoms with Crippen molar-refractivity contribution in [1.29, 1.82) is 0 Å². The maximum Gasteiger partial charge on any atom is 0.239 e. The smallest absolute Gasteiger partial charge is 0.239 e. The van der Waals surface area contributed by atoms with Crippen molar-refractivity contribution >= 4 is 49.2 Å². The van der Waals surface area contributed by atoms with E-state index in [0.29, 0.717) is 28.9 Å². The van der Waals surface area contributed by atoms with Crippen LogP contribution in [0.5, 0.6) is 0 Å². The SMILES string of the molecule is O=C(Cn1cc(S(=O)(=O)c2ccc(Cl)cc2)c2ccccc21)NCCc1c[nH]c2ccccc12. The van der Waals surface area contributed by atoms with E-state index >= 15 is 0 Å². The van der Waals surface area contributed by atoms with Gasteiger partial charge >= 0.3 is 0 Å². The molecule has 0 aliphatic carbocycles. The normalized spacial score (nSPS) is 11.8. The lowest BCUT2D eigenvalue weighted by Gasteiger charge is -2.07. The van der Waals surface area contributed by atoms with Gasteiger partial charge in [-0.2, -0.15) is 0 Å². The second-order valence-electron chi connectivity index (χ2n) is 8.06. The number of carbonyl (C=O) groups excluding carboxylic acids is 1. The summed E-state index contributed by atoms with van der Waals surface area (Å²) in [5.74, 6) is -0.184. The average molecular weight is 492 g/mol. The molecule has 0 saturated carbocycles. The summed E-state index contributed by atoms with van der Waals surface area (Å²) in [6, 6.07) is 21.3. The summed E-state index contributed by atoms with van der Waals surface area (Å²) in [4.78, 5) is 16.3. The van der Waals surface area contributed by atoms with Gasteiger partial charge in [-0.25, -0.2) is 8.42 Å². The van der Waals surface area contributed by atoms with Crippen LogP contribution in [0.4, 0.5) is 0 Å². The van der Waals surface area contributed by atoms with Crippen molar-refractivity contribution in [3.8, 4) is 0 Å². The van der Waals surface area contributed by atoms with E-state index < -0.39 is 9.84 Å². The number of aromatic nitrogens is 2. The Morgan fingerprint density at radius 1 is 0.941 bits per heavy atom. The second-order valence-corrected chi connectivity index (χ2v) is 10.4. The summed E-state index contributed by atoms with van der Waals surface area (Å²) in [5.41, 5.74) is 2.89. The summed E-state index contributed by atoms with van der Waals surface area (Å²) in [6.07, 6.45) is 4.19. The van der Waals surface area contributed by atoms with Gasteiger partial charge in [0.2, 0.25) is 15.7 Å². The summed E-state index contributed by atoms with van der Waals surface area (Å²) in [7, 11) is -3.78. The Morgan fingerprint density at radius 2 is 1.65 bits per heavy atom. The predicted octanol–water partition coefficient (Wildman–Crippen LogP) is 4.97. The van der Waals surface area contributed by atoms with Crippen LogP contribution in [0.2, 0.25) is 5.02 Å². The van der Waals surface area contributed by atoms with Gasteiger partial charge < -0.3 is 14.9 Å². The molecule has 5 aromatic rings. The standard InChI is InChI=1S/C26H22ClN3O3S/c27-19-9-11-20(12-10-19)34(32,33)25-16-30(24-8-4-2-6-22(24)25)17-26(31)28-14-13-18-15-29-23-7-3-1-5-21(18)23/h1-12,15-16,29H,13-14,17H2,(H,28,31). The highest BCUT2D eigenvalue weighted by Crippen LogP contribution is 2.30. The molecule has 2 aromatic heterocycles. The fourth-order valence-electron chi connectivity index (χ4n) is 4.18. The van der Waals surface area contributed by atoms with Crippen LogP contribution in [0, 0.1) is 0 Å². The third kappa shape index (κ3) is 4.20. The van der Waals surface area contributed by atoms with Crippen LogP contribution in [0.3, 0.4) is 0 Å². The molecular formula is C26H22ClN3O3S. The van der Waals surface area contributed by atoms with Crippen molar-refractivity contribution in [2.45, 2.75) is 22.8 Å². The minimum Gasteiger partial charge on any atom is -0.361 e. The zero-order valence-corrected chi connectivity index (χ0v) is 19.7. The highest BCUT2D eigenvalue weighted by molar-refractivity contribution is 7.91. The highest BCUT2D eigenvalue weighted by atomic mass is 35.5. The minimum atomic E-state index is -3.78. The van der Waals surface area contributed by atoms with Crippen LogP contribution in [-0.2, 0) is 27.6 Å². The molecule has 2 heterocycles. The van der Waals surface area contributed by atoms with Crippen LogP contribution in [0.15, 0.2) is 95.0 Å². The summed E-state index contributed by atoms with van der Waals surface area (Å²) >= 11 is 5.92. The number of aromatic amines is 1. The molecule has 0 spiro atoms. The molecule has 34 heavy (non-hydrogen) atoms. The Hall–Kier alpha value is -3.55. The van der Waals surface area contributed by atoms with Gasteiger partial charge in [0, 0.05) is 45.8 Å². The van der Waals surface area contributed by atoms with Crippen molar-refractivity contribution in [2.24, 2.45) is 0 Å². The molecule has 3 aromatic carbocycles.